The Morgan fingerprint density at radius 2 is 2.11 bits per heavy atom. The molecule has 2 N–H and O–H groups in total. The fraction of sp³-hybridized carbons (Fsp3) is 0.118. The van der Waals surface area contributed by atoms with Gasteiger partial charge in [-0.05, 0) is 29.8 Å². The molecule has 0 unspecified atom stereocenters. The predicted molar refractivity (Wildman–Crippen MR) is 91.9 cm³/mol. The molecule has 0 bridgehead atoms. The first-order chi connectivity index (χ1) is 13.3. The van der Waals surface area contributed by atoms with E-state index in [1.165, 1.54) is 31.4 Å². The number of nitro benzene ring substituents is 1. The number of hydrogen-bond acceptors (Lipinski definition) is 8. The molecule has 1 aromatic heterocycles. The van der Waals surface area contributed by atoms with E-state index in [2.05, 4.69) is 10.1 Å². The molecule has 11 heteroatoms. The normalized spacial score (nSPS) is 15.0. The molecule has 0 radical (unpaired) electrons. The second-order valence-corrected chi connectivity index (χ2v) is 5.64. The average Bonchev–Trinajstić information content (AvgIpc) is 3.23. The standard InChI is InChI=1S/C17H13N3O8/c1-27-16(23)14-5-3-10(28-14)8-19-15(22)11(18-17(19)24)6-9-2-4-13(21)12(7-9)20(25)26/h2-7,21H,8H2,1H3,(H,18,24). The van der Waals surface area contributed by atoms with Crippen LogP contribution in [-0.4, -0.2) is 39.9 Å². The van der Waals surface area contributed by atoms with Crippen LogP contribution in [0, 0.1) is 10.1 Å². The van der Waals surface area contributed by atoms with Crippen LogP contribution in [0.15, 0.2) is 40.4 Å². The number of amides is 3. The third kappa shape index (κ3) is 3.53. The number of nitrogens with zero attached hydrogens (tertiary/aromatic N) is 2. The van der Waals surface area contributed by atoms with Gasteiger partial charge >= 0.3 is 17.7 Å². The summed E-state index contributed by atoms with van der Waals surface area (Å²) < 4.78 is 9.75. The van der Waals surface area contributed by atoms with E-state index in [1.54, 1.807) is 0 Å². The van der Waals surface area contributed by atoms with Crippen LogP contribution in [0.2, 0.25) is 0 Å². The number of carbonyl (C=O) groups excluding carboxylic acids is 3. The van der Waals surface area contributed by atoms with E-state index in [0.717, 1.165) is 17.0 Å². The van der Waals surface area contributed by atoms with Crippen molar-refractivity contribution in [2.75, 3.05) is 7.11 Å². The third-order valence-electron chi connectivity index (χ3n) is 3.83. The first kappa shape index (κ1) is 18.6. The predicted octanol–water partition coefficient (Wildman–Crippen LogP) is 1.77. The van der Waals surface area contributed by atoms with E-state index in [4.69, 9.17) is 4.42 Å². The Hall–Kier alpha value is -4.15. The van der Waals surface area contributed by atoms with Gasteiger partial charge in [-0.15, -0.1) is 0 Å². The molecule has 0 spiro atoms. The van der Waals surface area contributed by atoms with Crippen LogP contribution in [-0.2, 0) is 16.1 Å². The van der Waals surface area contributed by atoms with Crippen molar-refractivity contribution >= 4 is 29.7 Å². The summed E-state index contributed by atoms with van der Waals surface area (Å²) in [6.45, 7) is -0.227. The summed E-state index contributed by atoms with van der Waals surface area (Å²) in [4.78, 5) is 46.9. The number of furan rings is 1. The number of rotatable bonds is 5. The second kappa shape index (κ2) is 7.23. The number of benzene rings is 1. The number of nitro groups is 1. The highest BCUT2D eigenvalue weighted by Crippen LogP contribution is 2.27. The summed E-state index contributed by atoms with van der Waals surface area (Å²) in [5, 5.41) is 22.7. The van der Waals surface area contributed by atoms with Crippen molar-refractivity contribution in [2.45, 2.75) is 6.54 Å². The molecular weight excluding hydrogens is 374 g/mol. The molecule has 2 heterocycles. The number of imide groups is 1. The Morgan fingerprint density at radius 1 is 1.36 bits per heavy atom. The van der Waals surface area contributed by atoms with E-state index >= 15 is 0 Å². The topological polar surface area (TPSA) is 152 Å². The van der Waals surface area contributed by atoms with Gasteiger partial charge in [-0.3, -0.25) is 19.8 Å². The smallest absolute Gasteiger partial charge is 0.373 e. The molecule has 0 atom stereocenters. The van der Waals surface area contributed by atoms with Gasteiger partial charge in [0, 0.05) is 6.07 Å². The molecule has 0 saturated carbocycles. The zero-order chi connectivity index (χ0) is 20.4. The van der Waals surface area contributed by atoms with E-state index in [0.29, 0.717) is 0 Å². The lowest BCUT2D eigenvalue weighted by molar-refractivity contribution is -0.385. The first-order valence-electron chi connectivity index (χ1n) is 7.79. The highest BCUT2D eigenvalue weighted by Gasteiger charge is 2.34. The summed E-state index contributed by atoms with van der Waals surface area (Å²) in [5.41, 5.74) is -0.403. The highest BCUT2D eigenvalue weighted by molar-refractivity contribution is 6.13. The average molecular weight is 387 g/mol. The molecule has 2 aromatic rings. The number of hydrogen-bond donors (Lipinski definition) is 2. The zero-order valence-corrected chi connectivity index (χ0v) is 14.4. The van der Waals surface area contributed by atoms with Gasteiger partial charge in [0.2, 0.25) is 5.76 Å². The summed E-state index contributed by atoms with van der Waals surface area (Å²) in [6, 6.07) is 5.59. The number of aromatic hydroxyl groups is 1. The largest absolute Gasteiger partial charge is 0.502 e. The molecule has 1 aliphatic rings. The van der Waals surface area contributed by atoms with Crippen molar-refractivity contribution in [2.24, 2.45) is 0 Å². The number of phenolic OH excluding ortho intramolecular Hbond substituents is 1. The van der Waals surface area contributed by atoms with Crippen LogP contribution in [0.5, 0.6) is 5.75 Å². The molecule has 3 rings (SSSR count). The lowest BCUT2D eigenvalue weighted by Gasteiger charge is -2.09. The van der Waals surface area contributed by atoms with Crippen molar-refractivity contribution in [3.63, 3.8) is 0 Å². The van der Waals surface area contributed by atoms with E-state index < -0.39 is 34.3 Å². The number of nitrogens with one attached hydrogen (secondary N) is 1. The Bertz CT molecular complexity index is 1020. The Balaban J connectivity index is 1.81. The molecule has 1 aliphatic heterocycles. The van der Waals surface area contributed by atoms with Gasteiger partial charge in [0.05, 0.1) is 18.6 Å². The number of carbonyl (C=O) groups is 3. The molecule has 11 nitrogen and oxygen atoms in total. The summed E-state index contributed by atoms with van der Waals surface area (Å²) in [7, 11) is 1.19. The fourth-order valence-electron chi connectivity index (χ4n) is 2.49. The van der Waals surface area contributed by atoms with Gasteiger partial charge in [0.25, 0.3) is 5.91 Å². The Morgan fingerprint density at radius 3 is 2.79 bits per heavy atom. The quantitative estimate of drug-likeness (QED) is 0.259. The highest BCUT2D eigenvalue weighted by atomic mass is 16.6. The molecule has 1 saturated heterocycles. The van der Waals surface area contributed by atoms with Crippen molar-refractivity contribution in [3.05, 3.63) is 63.2 Å². The third-order valence-corrected chi connectivity index (χ3v) is 3.83. The van der Waals surface area contributed by atoms with Crippen molar-refractivity contribution in [1.29, 1.82) is 0 Å². The van der Waals surface area contributed by atoms with Gasteiger partial charge in [0.15, 0.2) is 5.75 Å². The van der Waals surface area contributed by atoms with Gasteiger partial charge in [-0.2, -0.15) is 0 Å². The molecule has 3 amide bonds. The maximum absolute atomic E-state index is 12.5. The van der Waals surface area contributed by atoms with Crippen molar-refractivity contribution < 1.29 is 33.6 Å². The molecule has 144 valence electrons. The minimum absolute atomic E-state index is 0.0725. The van der Waals surface area contributed by atoms with Crippen LogP contribution in [0.3, 0.4) is 0 Å². The Kier molecular flexibility index (Phi) is 4.81. The van der Waals surface area contributed by atoms with E-state index in [1.807, 2.05) is 0 Å². The summed E-state index contributed by atoms with van der Waals surface area (Å²) in [5.74, 6) is -1.79. The van der Waals surface area contributed by atoms with Gasteiger partial charge in [-0.25, -0.2) is 9.59 Å². The van der Waals surface area contributed by atoms with Gasteiger partial charge in [0.1, 0.15) is 11.5 Å². The van der Waals surface area contributed by atoms with Crippen LogP contribution in [0.25, 0.3) is 6.08 Å². The van der Waals surface area contributed by atoms with Crippen LogP contribution < -0.4 is 5.32 Å². The number of methoxy groups -OCH3 is 1. The van der Waals surface area contributed by atoms with Crippen LogP contribution >= 0.6 is 0 Å². The van der Waals surface area contributed by atoms with Crippen molar-refractivity contribution in [1.82, 2.24) is 10.2 Å². The summed E-state index contributed by atoms with van der Waals surface area (Å²) >= 11 is 0. The number of phenols is 1. The van der Waals surface area contributed by atoms with Crippen molar-refractivity contribution in [3.8, 4) is 5.75 Å². The fourth-order valence-corrected chi connectivity index (χ4v) is 2.49. The van der Waals surface area contributed by atoms with Gasteiger partial charge in [-0.1, -0.05) is 6.07 Å². The summed E-state index contributed by atoms with van der Waals surface area (Å²) in [6.07, 6.45) is 1.24. The number of urea groups is 1. The maximum atomic E-state index is 12.5. The molecular formula is C17H13N3O8. The van der Waals surface area contributed by atoms with Crippen LogP contribution in [0.4, 0.5) is 10.5 Å². The van der Waals surface area contributed by atoms with E-state index in [-0.39, 0.29) is 29.3 Å². The van der Waals surface area contributed by atoms with Crippen LogP contribution in [0.1, 0.15) is 21.9 Å². The molecule has 28 heavy (non-hydrogen) atoms. The number of esters is 1. The second-order valence-electron chi connectivity index (χ2n) is 5.64. The SMILES string of the molecule is COC(=O)c1ccc(CN2C(=O)NC(=Cc3ccc(O)c([N+](=O)[O-])c3)C2=O)o1. The monoisotopic (exact) mass is 387 g/mol. The minimum atomic E-state index is -0.769. The molecule has 1 aromatic carbocycles. The lowest BCUT2D eigenvalue weighted by Crippen LogP contribution is -2.30. The van der Waals surface area contributed by atoms with Gasteiger partial charge < -0.3 is 19.6 Å². The maximum Gasteiger partial charge on any atom is 0.373 e. The zero-order valence-electron chi connectivity index (χ0n) is 14.4. The minimum Gasteiger partial charge on any atom is -0.502 e. The first-order valence-corrected chi connectivity index (χ1v) is 7.79. The lowest BCUT2D eigenvalue weighted by atomic mass is 10.1. The number of ether oxygens (including phenoxy) is 1. The van der Waals surface area contributed by atoms with E-state index in [9.17, 15) is 29.6 Å². The Labute approximate surface area is 156 Å². The molecule has 1 fully saturated rings. The molecule has 0 aliphatic carbocycles.